The predicted molar refractivity (Wildman–Crippen MR) is 53.8 cm³/mol. The molecule has 3 fully saturated rings. The third-order valence-electron chi connectivity index (χ3n) is 3.73. The number of likely N-dealkylation sites (tertiary alicyclic amines) is 1. The molecular formula is C11H13NO5. The molecule has 17 heavy (non-hydrogen) atoms. The van der Waals surface area contributed by atoms with E-state index in [2.05, 4.69) is 0 Å². The monoisotopic (exact) mass is 239 g/mol. The molecule has 3 rings (SSSR count). The van der Waals surface area contributed by atoms with Crippen LogP contribution < -0.4 is 0 Å². The van der Waals surface area contributed by atoms with E-state index < -0.39 is 29.7 Å². The Kier molecular flexibility index (Phi) is 2.22. The average molecular weight is 239 g/mol. The first-order chi connectivity index (χ1) is 8.15. The van der Waals surface area contributed by atoms with Gasteiger partial charge in [-0.1, -0.05) is 0 Å². The summed E-state index contributed by atoms with van der Waals surface area (Å²) in [5.41, 5.74) is 0. The van der Waals surface area contributed by atoms with Gasteiger partial charge in [0, 0.05) is 0 Å². The lowest BCUT2D eigenvalue weighted by Crippen LogP contribution is -2.39. The minimum absolute atomic E-state index is 0.147. The molecule has 0 unspecified atom stereocenters. The van der Waals surface area contributed by atoms with E-state index in [-0.39, 0.29) is 18.8 Å². The molecule has 3 aliphatic heterocycles. The Bertz CT molecular complexity index is 379. The molecule has 92 valence electrons. The molecular weight excluding hydrogens is 226 g/mol. The summed E-state index contributed by atoms with van der Waals surface area (Å²) >= 11 is 0. The van der Waals surface area contributed by atoms with E-state index >= 15 is 0 Å². The maximum absolute atomic E-state index is 12.0. The molecule has 0 aromatic carbocycles. The van der Waals surface area contributed by atoms with Crippen molar-refractivity contribution in [3.8, 4) is 0 Å². The van der Waals surface area contributed by atoms with Crippen LogP contribution in [-0.4, -0.2) is 41.6 Å². The van der Waals surface area contributed by atoms with Gasteiger partial charge in [0.1, 0.15) is 0 Å². The largest absolute Gasteiger partial charge is 0.449 e. The molecule has 0 spiro atoms. The van der Waals surface area contributed by atoms with Crippen molar-refractivity contribution in [2.45, 2.75) is 32.0 Å². The van der Waals surface area contributed by atoms with Crippen LogP contribution in [0, 0.1) is 11.8 Å². The lowest BCUT2D eigenvalue weighted by atomic mass is 9.81. The summed E-state index contributed by atoms with van der Waals surface area (Å²) in [4.78, 5) is 36.3. The van der Waals surface area contributed by atoms with Gasteiger partial charge in [0.15, 0.2) is 0 Å². The summed E-state index contributed by atoms with van der Waals surface area (Å²) in [6.45, 7) is 1.78. The summed E-state index contributed by atoms with van der Waals surface area (Å²) in [7, 11) is 0. The molecule has 3 heterocycles. The van der Waals surface area contributed by atoms with Gasteiger partial charge >= 0.3 is 6.09 Å². The van der Waals surface area contributed by atoms with Gasteiger partial charge in [-0.3, -0.25) is 9.59 Å². The van der Waals surface area contributed by atoms with Crippen LogP contribution in [0.15, 0.2) is 0 Å². The number of ether oxygens (including phenoxy) is 2. The van der Waals surface area contributed by atoms with Crippen LogP contribution >= 0.6 is 0 Å². The predicted octanol–water partition coefficient (Wildman–Crippen LogP) is 0.305. The number of hydrogen-bond donors (Lipinski definition) is 0. The number of rotatable bonds is 1. The van der Waals surface area contributed by atoms with Crippen molar-refractivity contribution >= 4 is 17.9 Å². The van der Waals surface area contributed by atoms with E-state index in [0.29, 0.717) is 4.90 Å². The number of fused-ring (bicyclic) bond motifs is 5. The summed E-state index contributed by atoms with van der Waals surface area (Å²) in [6.07, 6.45) is 0.348. The number of carbonyl (C=O) groups excluding carboxylic acids is 3. The normalized spacial score (nSPS) is 38.8. The van der Waals surface area contributed by atoms with Crippen molar-refractivity contribution in [1.82, 2.24) is 4.90 Å². The summed E-state index contributed by atoms with van der Waals surface area (Å²) < 4.78 is 10.3. The van der Waals surface area contributed by atoms with Crippen LogP contribution in [0.25, 0.3) is 0 Å². The summed E-state index contributed by atoms with van der Waals surface area (Å²) in [6, 6.07) is 0. The topological polar surface area (TPSA) is 72.9 Å². The van der Waals surface area contributed by atoms with Crippen molar-refractivity contribution in [1.29, 1.82) is 0 Å². The van der Waals surface area contributed by atoms with Crippen molar-refractivity contribution in [2.24, 2.45) is 11.8 Å². The molecule has 6 nitrogen and oxygen atoms in total. The molecule has 0 aromatic heterocycles. The number of amides is 3. The molecule has 3 saturated heterocycles. The van der Waals surface area contributed by atoms with E-state index in [1.165, 1.54) is 0 Å². The van der Waals surface area contributed by atoms with Crippen molar-refractivity contribution in [3.05, 3.63) is 0 Å². The highest BCUT2D eigenvalue weighted by molar-refractivity contribution is 6.16. The molecule has 0 N–H and O–H groups in total. The third kappa shape index (κ3) is 1.27. The molecule has 0 aliphatic carbocycles. The minimum Gasteiger partial charge on any atom is -0.449 e. The van der Waals surface area contributed by atoms with E-state index in [1.54, 1.807) is 6.92 Å². The van der Waals surface area contributed by atoms with Crippen LogP contribution in [0.2, 0.25) is 0 Å². The highest BCUT2D eigenvalue weighted by Crippen LogP contribution is 2.48. The second-order valence-corrected chi connectivity index (χ2v) is 4.55. The molecule has 2 bridgehead atoms. The minimum atomic E-state index is -0.851. The molecule has 3 amide bonds. The van der Waals surface area contributed by atoms with Crippen molar-refractivity contribution in [2.75, 3.05) is 6.61 Å². The van der Waals surface area contributed by atoms with Gasteiger partial charge < -0.3 is 9.47 Å². The van der Waals surface area contributed by atoms with Crippen LogP contribution in [0.1, 0.15) is 19.8 Å². The maximum Gasteiger partial charge on any atom is 0.423 e. The average Bonchev–Trinajstić information content (AvgIpc) is 2.93. The third-order valence-corrected chi connectivity index (χ3v) is 3.73. The fourth-order valence-electron chi connectivity index (χ4n) is 3.08. The first kappa shape index (κ1) is 10.7. The molecule has 6 heteroatoms. The lowest BCUT2D eigenvalue weighted by molar-refractivity contribution is -0.140. The zero-order valence-corrected chi connectivity index (χ0v) is 9.42. The van der Waals surface area contributed by atoms with Crippen molar-refractivity contribution < 1.29 is 23.9 Å². The standard InChI is InChI=1S/C11H13NO5/c1-2-16-11(15)12-9(13)7-5-3-4-6(17-5)8(7)10(12)14/h5-8H,2-4H2,1H3/t5-,6-,7-,8-/m0/s1. The second kappa shape index (κ2) is 3.53. The number of carbonyl (C=O) groups is 3. The van der Waals surface area contributed by atoms with E-state index in [0.717, 1.165) is 12.8 Å². The van der Waals surface area contributed by atoms with E-state index in [9.17, 15) is 14.4 Å². The lowest BCUT2D eigenvalue weighted by Gasteiger charge is -2.14. The van der Waals surface area contributed by atoms with E-state index in [4.69, 9.17) is 9.47 Å². The summed E-state index contributed by atoms with van der Waals surface area (Å²) in [5.74, 6) is -1.84. The van der Waals surface area contributed by atoms with Gasteiger partial charge in [-0.05, 0) is 19.8 Å². The Morgan fingerprint density at radius 1 is 1.29 bits per heavy atom. The quantitative estimate of drug-likeness (QED) is 0.615. The number of hydrogen-bond acceptors (Lipinski definition) is 5. The van der Waals surface area contributed by atoms with Crippen LogP contribution in [0.5, 0.6) is 0 Å². The first-order valence-corrected chi connectivity index (χ1v) is 5.85. The summed E-state index contributed by atoms with van der Waals surface area (Å²) in [5, 5.41) is 0. The first-order valence-electron chi connectivity index (χ1n) is 5.85. The molecule has 0 aromatic rings. The maximum atomic E-state index is 12.0. The Balaban J connectivity index is 1.88. The fourth-order valence-corrected chi connectivity index (χ4v) is 3.08. The molecule has 0 saturated carbocycles. The van der Waals surface area contributed by atoms with E-state index in [1.807, 2.05) is 0 Å². The Labute approximate surface area is 97.8 Å². The Hall–Kier alpha value is -1.43. The van der Waals surface area contributed by atoms with Crippen LogP contribution in [0.4, 0.5) is 4.79 Å². The zero-order chi connectivity index (χ0) is 12.2. The van der Waals surface area contributed by atoms with Gasteiger partial charge in [0.25, 0.3) is 0 Å². The Morgan fingerprint density at radius 2 is 1.82 bits per heavy atom. The van der Waals surface area contributed by atoms with Crippen LogP contribution in [-0.2, 0) is 19.1 Å². The Morgan fingerprint density at radius 3 is 2.29 bits per heavy atom. The molecule has 3 aliphatic rings. The van der Waals surface area contributed by atoms with Crippen LogP contribution in [0.3, 0.4) is 0 Å². The SMILES string of the molecule is CCOC(=O)N1C(=O)[C@@H]2[C@@H](C1=O)[C@@H]1CC[C@@H]2O1. The van der Waals surface area contributed by atoms with Gasteiger partial charge in [-0.2, -0.15) is 4.90 Å². The molecule has 0 radical (unpaired) electrons. The van der Waals surface area contributed by atoms with Gasteiger partial charge in [0.2, 0.25) is 11.8 Å². The fraction of sp³-hybridized carbons (Fsp3) is 0.727. The van der Waals surface area contributed by atoms with Gasteiger partial charge in [0.05, 0.1) is 30.7 Å². The zero-order valence-electron chi connectivity index (χ0n) is 9.42. The van der Waals surface area contributed by atoms with Gasteiger partial charge in [-0.25, -0.2) is 4.79 Å². The highest BCUT2D eigenvalue weighted by atomic mass is 16.6. The van der Waals surface area contributed by atoms with Gasteiger partial charge in [-0.15, -0.1) is 0 Å². The highest BCUT2D eigenvalue weighted by Gasteiger charge is 2.64. The van der Waals surface area contributed by atoms with Crippen molar-refractivity contribution in [3.63, 3.8) is 0 Å². The second-order valence-electron chi connectivity index (χ2n) is 4.55. The molecule has 4 atom stereocenters. The number of nitrogens with zero attached hydrogens (tertiary/aromatic N) is 1. The number of imide groups is 3. The smallest absolute Gasteiger partial charge is 0.423 e.